The number of nitrogens with zero attached hydrogens (tertiary/aromatic N) is 2. The van der Waals surface area contributed by atoms with Crippen molar-refractivity contribution in [3.05, 3.63) is 47.2 Å². The number of benzene rings is 1. The predicted molar refractivity (Wildman–Crippen MR) is 99.7 cm³/mol. The summed E-state index contributed by atoms with van der Waals surface area (Å²) in [7, 11) is 0. The van der Waals surface area contributed by atoms with Crippen LogP contribution in [0, 0.1) is 5.82 Å². The Morgan fingerprint density at radius 3 is 2.93 bits per heavy atom. The molecule has 8 heteroatoms. The van der Waals surface area contributed by atoms with E-state index in [1.165, 1.54) is 23.1 Å². The zero-order valence-corrected chi connectivity index (χ0v) is 15.2. The van der Waals surface area contributed by atoms with Crippen molar-refractivity contribution < 1.29 is 19.1 Å². The van der Waals surface area contributed by atoms with Crippen LogP contribution in [0.4, 0.5) is 10.2 Å². The van der Waals surface area contributed by atoms with Crippen LogP contribution in [0.25, 0.3) is 11.3 Å². The van der Waals surface area contributed by atoms with Gasteiger partial charge in [0.1, 0.15) is 17.7 Å². The number of rotatable bonds is 4. The van der Waals surface area contributed by atoms with Crippen molar-refractivity contribution in [1.82, 2.24) is 9.88 Å². The monoisotopic (exact) mass is 391 g/mol. The van der Waals surface area contributed by atoms with Gasteiger partial charge in [-0.25, -0.2) is 9.37 Å². The third kappa shape index (κ3) is 4.81. The second kappa shape index (κ2) is 8.45. The van der Waals surface area contributed by atoms with E-state index in [-0.39, 0.29) is 11.6 Å². The number of anilines is 1. The Labute approximate surface area is 161 Å². The third-order valence-electron chi connectivity index (χ3n) is 4.31. The van der Waals surface area contributed by atoms with Crippen molar-refractivity contribution in [3.63, 3.8) is 0 Å². The molecule has 1 saturated heterocycles. The summed E-state index contributed by atoms with van der Waals surface area (Å²) in [4.78, 5) is 30.1. The maximum absolute atomic E-state index is 13.2. The quantitative estimate of drug-likeness (QED) is 0.839. The number of aliphatic hydroxyl groups excluding tert-OH is 1. The van der Waals surface area contributed by atoms with Gasteiger partial charge in [-0.1, -0.05) is 17.7 Å². The van der Waals surface area contributed by atoms with Gasteiger partial charge in [-0.3, -0.25) is 9.59 Å². The number of hydrogen-bond acceptors (Lipinski definition) is 4. The number of halogens is 2. The van der Waals surface area contributed by atoms with E-state index in [9.17, 15) is 19.1 Å². The van der Waals surface area contributed by atoms with Gasteiger partial charge in [0.05, 0.1) is 17.3 Å². The van der Waals surface area contributed by atoms with Gasteiger partial charge in [-0.05, 0) is 49.6 Å². The van der Waals surface area contributed by atoms with Crippen LogP contribution in [0.3, 0.4) is 0 Å². The van der Waals surface area contributed by atoms with E-state index in [4.69, 9.17) is 11.6 Å². The highest BCUT2D eigenvalue weighted by molar-refractivity contribution is 6.33. The van der Waals surface area contributed by atoms with E-state index in [2.05, 4.69) is 10.3 Å². The number of carbonyl (C=O) groups excluding carboxylic acids is 2. The third-order valence-corrected chi connectivity index (χ3v) is 4.62. The summed E-state index contributed by atoms with van der Waals surface area (Å²) in [5.41, 5.74) is 1.03. The first-order valence-corrected chi connectivity index (χ1v) is 9.01. The Morgan fingerprint density at radius 1 is 1.33 bits per heavy atom. The number of aliphatic hydroxyl groups is 1. The van der Waals surface area contributed by atoms with Gasteiger partial charge in [0.25, 0.3) is 5.91 Å². The first-order valence-electron chi connectivity index (χ1n) is 8.63. The molecule has 1 unspecified atom stereocenters. The van der Waals surface area contributed by atoms with Gasteiger partial charge in [0.2, 0.25) is 5.91 Å². The lowest BCUT2D eigenvalue weighted by atomic mass is 10.1. The lowest BCUT2D eigenvalue weighted by molar-refractivity contribution is -0.141. The van der Waals surface area contributed by atoms with Crippen molar-refractivity contribution >= 4 is 29.2 Å². The summed E-state index contributed by atoms with van der Waals surface area (Å²) in [5, 5.41) is 12.6. The van der Waals surface area contributed by atoms with E-state index < -0.39 is 23.7 Å². The van der Waals surface area contributed by atoms with Gasteiger partial charge >= 0.3 is 0 Å². The zero-order chi connectivity index (χ0) is 19.4. The van der Waals surface area contributed by atoms with Gasteiger partial charge < -0.3 is 15.3 Å². The fraction of sp³-hybridized carbons (Fsp3) is 0.316. The molecule has 6 nitrogen and oxygen atoms in total. The molecule has 2 amide bonds. The molecule has 1 aliphatic rings. The lowest BCUT2D eigenvalue weighted by Gasteiger charge is -2.21. The molecule has 0 saturated carbocycles. The van der Waals surface area contributed by atoms with Crippen LogP contribution in [-0.2, 0) is 9.59 Å². The minimum absolute atomic E-state index is 0.154. The maximum atomic E-state index is 13.2. The minimum atomic E-state index is -1.05. The van der Waals surface area contributed by atoms with Gasteiger partial charge in [0.15, 0.2) is 0 Å². The van der Waals surface area contributed by atoms with Gasteiger partial charge in [0, 0.05) is 12.1 Å². The van der Waals surface area contributed by atoms with Crippen molar-refractivity contribution in [2.45, 2.75) is 25.4 Å². The topological polar surface area (TPSA) is 82.5 Å². The van der Waals surface area contributed by atoms with E-state index in [0.29, 0.717) is 30.0 Å². The number of hydrogen-bond donors (Lipinski definition) is 2. The Bertz CT molecular complexity index is 862. The molecule has 142 valence electrons. The van der Waals surface area contributed by atoms with Crippen LogP contribution in [0.2, 0.25) is 5.02 Å². The van der Waals surface area contributed by atoms with Gasteiger partial charge in [-0.15, -0.1) is 0 Å². The largest absolute Gasteiger partial charge is 0.383 e. The van der Waals surface area contributed by atoms with E-state index in [0.717, 1.165) is 12.8 Å². The molecule has 2 aromatic rings. The first-order chi connectivity index (χ1) is 12.9. The molecule has 2 N–H and O–H groups in total. The van der Waals surface area contributed by atoms with E-state index in [1.807, 2.05) is 0 Å². The lowest BCUT2D eigenvalue weighted by Crippen LogP contribution is -2.42. The van der Waals surface area contributed by atoms with Crippen LogP contribution in [0.5, 0.6) is 0 Å². The average Bonchev–Trinajstić information content (AvgIpc) is 2.77. The molecule has 1 aromatic carbocycles. The van der Waals surface area contributed by atoms with E-state index >= 15 is 0 Å². The van der Waals surface area contributed by atoms with Crippen molar-refractivity contribution in [2.24, 2.45) is 0 Å². The molecule has 0 radical (unpaired) electrons. The highest BCUT2D eigenvalue weighted by atomic mass is 35.5. The fourth-order valence-corrected chi connectivity index (χ4v) is 3.21. The fourth-order valence-electron chi connectivity index (χ4n) is 2.95. The number of nitrogens with one attached hydrogen (secondary N) is 1. The summed E-state index contributed by atoms with van der Waals surface area (Å²) >= 11 is 6.06. The smallest absolute Gasteiger partial charge is 0.251 e. The zero-order valence-electron chi connectivity index (χ0n) is 14.5. The Hall–Kier alpha value is -2.51. The number of carbonyl (C=O) groups is 2. The summed E-state index contributed by atoms with van der Waals surface area (Å²) in [6.45, 7) is 0.279. The highest BCUT2D eigenvalue weighted by Gasteiger charge is 2.26. The summed E-state index contributed by atoms with van der Waals surface area (Å²) in [6, 6.07) is 8.99. The Balaban J connectivity index is 1.70. The molecule has 3 rings (SSSR count). The molecule has 2 heterocycles. The van der Waals surface area contributed by atoms with Crippen LogP contribution < -0.4 is 5.32 Å². The molecule has 0 aliphatic carbocycles. The summed E-state index contributed by atoms with van der Waals surface area (Å²) in [5.74, 6) is -0.993. The first kappa shape index (κ1) is 19.3. The number of aromatic nitrogens is 1. The molecule has 0 bridgehead atoms. The van der Waals surface area contributed by atoms with E-state index in [1.54, 1.807) is 18.2 Å². The van der Waals surface area contributed by atoms with Crippen molar-refractivity contribution in [3.8, 4) is 11.3 Å². The molecular formula is C19H19ClFN3O3. The average molecular weight is 392 g/mol. The normalized spacial score (nSPS) is 17.5. The molecule has 1 atom stereocenters. The standard InChI is InChI=1S/C19H19ClFN3O3/c20-14-10-12(21)7-8-13(14)15-4-3-6-17(22-15)23-18(26)11-24-9-2-1-5-16(25)19(24)27/h3-4,6-8,10,16,25H,1-2,5,9,11H2,(H,22,23,26). The summed E-state index contributed by atoms with van der Waals surface area (Å²) in [6.07, 6.45) is 0.848. The predicted octanol–water partition coefficient (Wildman–Crippen LogP) is 2.85. The summed E-state index contributed by atoms with van der Waals surface area (Å²) < 4.78 is 13.2. The Kier molecular flexibility index (Phi) is 6.03. The SMILES string of the molecule is O=C(CN1CCCCC(O)C1=O)Nc1cccc(-c2ccc(F)cc2Cl)n1. The molecule has 27 heavy (non-hydrogen) atoms. The number of pyridine rings is 1. The number of likely N-dealkylation sites (tertiary alicyclic amines) is 1. The Morgan fingerprint density at radius 2 is 2.15 bits per heavy atom. The van der Waals surface area contributed by atoms with Crippen molar-refractivity contribution in [1.29, 1.82) is 0 Å². The molecule has 1 aromatic heterocycles. The maximum Gasteiger partial charge on any atom is 0.251 e. The second-order valence-electron chi connectivity index (χ2n) is 6.35. The van der Waals surface area contributed by atoms with Crippen LogP contribution in [-0.4, -0.2) is 46.0 Å². The van der Waals surface area contributed by atoms with Crippen LogP contribution >= 0.6 is 11.6 Å². The second-order valence-corrected chi connectivity index (χ2v) is 6.76. The molecular weight excluding hydrogens is 373 g/mol. The van der Waals surface area contributed by atoms with Gasteiger partial charge in [-0.2, -0.15) is 0 Å². The minimum Gasteiger partial charge on any atom is -0.383 e. The van der Waals surface area contributed by atoms with Crippen molar-refractivity contribution in [2.75, 3.05) is 18.4 Å². The van der Waals surface area contributed by atoms with Crippen LogP contribution in [0.1, 0.15) is 19.3 Å². The number of amides is 2. The molecule has 0 spiro atoms. The molecule has 1 aliphatic heterocycles. The highest BCUT2D eigenvalue weighted by Crippen LogP contribution is 2.27. The van der Waals surface area contributed by atoms with Crippen LogP contribution in [0.15, 0.2) is 36.4 Å². The molecule has 1 fully saturated rings.